The van der Waals surface area contributed by atoms with Gasteiger partial charge in [-0.3, -0.25) is 9.78 Å². The number of hydrogen-bond acceptors (Lipinski definition) is 4. The fourth-order valence-electron chi connectivity index (χ4n) is 2.47. The van der Waals surface area contributed by atoms with Crippen molar-refractivity contribution in [3.8, 4) is 0 Å². The Morgan fingerprint density at radius 3 is 2.52 bits per heavy atom. The van der Waals surface area contributed by atoms with E-state index < -0.39 is 5.92 Å². The van der Waals surface area contributed by atoms with E-state index in [2.05, 4.69) is 15.3 Å². The zero-order chi connectivity index (χ0) is 16.3. The molecule has 1 saturated heterocycles. The van der Waals surface area contributed by atoms with Gasteiger partial charge in [-0.1, -0.05) is 0 Å². The Kier molecular flexibility index (Phi) is 4.18. The Hall–Kier alpha value is -2.57. The standard InChI is InChI=1S/C16H16F2N4O/c17-16(18)4-9-22(10-5-16)13-3-8-20-14(11-13)21-15(23)12-1-6-19-7-2-12/h1-3,6-8,11H,4-5,9-10H2,(H,20,21,23). The first-order valence-corrected chi connectivity index (χ1v) is 7.34. The highest BCUT2D eigenvalue weighted by Crippen LogP contribution is 2.30. The van der Waals surface area contributed by atoms with Crippen LogP contribution in [0.25, 0.3) is 0 Å². The first-order chi connectivity index (χ1) is 11.0. The van der Waals surface area contributed by atoms with E-state index in [4.69, 9.17) is 0 Å². The van der Waals surface area contributed by atoms with Crippen LogP contribution in [-0.2, 0) is 0 Å². The summed E-state index contributed by atoms with van der Waals surface area (Å²) >= 11 is 0. The third kappa shape index (κ3) is 3.80. The van der Waals surface area contributed by atoms with Crippen molar-refractivity contribution in [3.05, 3.63) is 48.4 Å². The lowest BCUT2D eigenvalue weighted by Gasteiger charge is -2.33. The zero-order valence-electron chi connectivity index (χ0n) is 12.4. The van der Waals surface area contributed by atoms with Crippen molar-refractivity contribution in [1.29, 1.82) is 0 Å². The third-order valence-corrected chi connectivity index (χ3v) is 3.79. The van der Waals surface area contributed by atoms with E-state index in [1.165, 1.54) is 12.4 Å². The normalized spacial score (nSPS) is 16.9. The minimum atomic E-state index is -2.58. The maximum absolute atomic E-state index is 13.2. The lowest BCUT2D eigenvalue weighted by atomic mass is 10.1. The number of halogens is 2. The van der Waals surface area contributed by atoms with E-state index in [0.717, 1.165) is 5.69 Å². The molecule has 0 radical (unpaired) electrons. The number of piperidine rings is 1. The van der Waals surface area contributed by atoms with Crippen LogP contribution < -0.4 is 10.2 Å². The molecular formula is C16H16F2N4O. The number of amides is 1. The van der Waals surface area contributed by atoms with Gasteiger partial charge in [0.25, 0.3) is 11.8 Å². The van der Waals surface area contributed by atoms with Crippen LogP contribution in [0.5, 0.6) is 0 Å². The molecule has 2 aromatic rings. The molecule has 120 valence electrons. The Morgan fingerprint density at radius 1 is 1.13 bits per heavy atom. The summed E-state index contributed by atoms with van der Waals surface area (Å²) in [6.45, 7) is 0.573. The van der Waals surface area contributed by atoms with E-state index >= 15 is 0 Å². The van der Waals surface area contributed by atoms with Gasteiger partial charge in [-0.15, -0.1) is 0 Å². The van der Waals surface area contributed by atoms with Crippen molar-refractivity contribution >= 4 is 17.4 Å². The van der Waals surface area contributed by atoms with E-state index in [-0.39, 0.29) is 31.8 Å². The Labute approximate surface area is 132 Å². The maximum atomic E-state index is 13.2. The summed E-state index contributed by atoms with van der Waals surface area (Å²) in [5.74, 6) is -2.48. The van der Waals surface area contributed by atoms with Crippen molar-refractivity contribution in [2.24, 2.45) is 0 Å². The molecule has 1 N–H and O–H groups in total. The van der Waals surface area contributed by atoms with Gasteiger partial charge in [-0.05, 0) is 18.2 Å². The quantitative estimate of drug-likeness (QED) is 0.945. The summed E-state index contributed by atoms with van der Waals surface area (Å²) in [7, 11) is 0. The highest BCUT2D eigenvalue weighted by molar-refractivity contribution is 6.03. The molecule has 1 aliphatic rings. The minimum absolute atomic E-state index is 0.159. The maximum Gasteiger partial charge on any atom is 0.256 e. The number of anilines is 2. The number of nitrogens with zero attached hydrogens (tertiary/aromatic N) is 3. The zero-order valence-corrected chi connectivity index (χ0v) is 12.4. The van der Waals surface area contributed by atoms with Crippen LogP contribution in [0.15, 0.2) is 42.9 Å². The third-order valence-electron chi connectivity index (χ3n) is 3.79. The van der Waals surface area contributed by atoms with Gasteiger partial charge in [-0.2, -0.15) is 0 Å². The van der Waals surface area contributed by atoms with Gasteiger partial charge >= 0.3 is 0 Å². The van der Waals surface area contributed by atoms with Crippen molar-refractivity contribution in [3.63, 3.8) is 0 Å². The summed E-state index contributed by atoms with van der Waals surface area (Å²) < 4.78 is 26.5. The van der Waals surface area contributed by atoms with Crippen molar-refractivity contribution in [2.75, 3.05) is 23.3 Å². The van der Waals surface area contributed by atoms with Gasteiger partial charge in [-0.25, -0.2) is 13.8 Å². The number of carbonyl (C=O) groups is 1. The lowest BCUT2D eigenvalue weighted by Crippen LogP contribution is -2.39. The average molecular weight is 318 g/mol. The summed E-state index contributed by atoms with van der Waals surface area (Å²) in [5, 5.41) is 2.70. The fourth-order valence-corrected chi connectivity index (χ4v) is 2.47. The second-order valence-corrected chi connectivity index (χ2v) is 5.43. The van der Waals surface area contributed by atoms with E-state index in [0.29, 0.717) is 11.4 Å². The van der Waals surface area contributed by atoms with Crippen molar-refractivity contribution in [1.82, 2.24) is 9.97 Å². The van der Waals surface area contributed by atoms with E-state index in [1.807, 2.05) is 4.90 Å². The predicted octanol–water partition coefficient (Wildman–Crippen LogP) is 2.96. The van der Waals surface area contributed by atoms with Crippen LogP contribution in [0.2, 0.25) is 0 Å². The monoisotopic (exact) mass is 318 g/mol. The fraction of sp³-hybridized carbons (Fsp3) is 0.312. The molecule has 7 heteroatoms. The molecule has 5 nitrogen and oxygen atoms in total. The second kappa shape index (κ2) is 6.28. The van der Waals surface area contributed by atoms with Crippen LogP contribution in [0, 0.1) is 0 Å². The number of hydrogen-bond donors (Lipinski definition) is 1. The smallest absolute Gasteiger partial charge is 0.256 e. The largest absolute Gasteiger partial charge is 0.371 e. The number of aromatic nitrogens is 2. The molecule has 0 saturated carbocycles. The average Bonchev–Trinajstić information content (AvgIpc) is 2.56. The number of carbonyl (C=O) groups excluding carboxylic acids is 1. The highest BCUT2D eigenvalue weighted by atomic mass is 19.3. The van der Waals surface area contributed by atoms with Crippen molar-refractivity contribution in [2.45, 2.75) is 18.8 Å². The van der Waals surface area contributed by atoms with Gasteiger partial charge in [0.05, 0.1) is 0 Å². The number of alkyl halides is 2. The molecule has 3 rings (SSSR count). The molecular weight excluding hydrogens is 302 g/mol. The molecule has 0 aromatic carbocycles. The molecule has 0 atom stereocenters. The topological polar surface area (TPSA) is 58.1 Å². The SMILES string of the molecule is O=C(Nc1cc(N2CCC(F)(F)CC2)ccn1)c1ccncc1. The molecule has 1 aliphatic heterocycles. The van der Waals surface area contributed by atoms with Gasteiger partial charge in [0, 0.05) is 61.8 Å². The Bertz CT molecular complexity index is 683. The molecule has 1 fully saturated rings. The lowest BCUT2D eigenvalue weighted by molar-refractivity contribution is -0.0220. The van der Waals surface area contributed by atoms with Crippen LogP contribution >= 0.6 is 0 Å². The van der Waals surface area contributed by atoms with Crippen molar-refractivity contribution < 1.29 is 13.6 Å². The molecule has 0 bridgehead atoms. The van der Waals surface area contributed by atoms with Gasteiger partial charge in [0.2, 0.25) is 0 Å². The molecule has 0 unspecified atom stereocenters. The second-order valence-electron chi connectivity index (χ2n) is 5.43. The van der Waals surface area contributed by atoms with Gasteiger partial charge < -0.3 is 10.2 Å². The minimum Gasteiger partial charge on any atom is -0.371 e. The predicted molar refractivity (Wildman–Crippen MR) is 82.8 cm³/mol. The number of pyridine rings is 2. The van der Waals surface area contributed by atoms with Crippen LogP contribution in [0.4, 0.5) is 20.3 Å². The Balaban J connectivity index is 1.69. The van der Waals surface area contributed by atoms with E-state index in [9.17, 15) is 13.6 Å². The molecule has 0 aliphatic carbocycles. The van der Waals surface area contributed by atoms with E-state index in [1.54, 1.807) is 30.5 Å². The number of rotatable bonds is 3. The first kappa shape index (κ1) is 15.3. The summed E-state index contributed by atoms with van der Waals surface area (Å²) in [6, 6.07) is 6.66. The summed E-state index contributed by atoms with van der Waals surface area (Å²) in [5.41, 5.74) is 1.25. The summed E-state index contributed by atoms with van der Waals surface area (Å²) in [4.78, 5) is 21.9. The van der Waals surface area contributed by atoms with Crippen LogP contribution in [-0.4, -0.2) is 34.9 Å². The number of nitrogens with one attached hydrogen (secondary N) is 1. The highest BCUT2D eigenvalue weighted by Gasteiger charge is 2.34. The molecule has 2 aromatic heterocycles. The van der Waals surface area contributed by atoms with Gasteiger partial charge in [0.1, 0.15) is 5.82 Å². The van der Waals surface area contributed by atoms with Gasteiger partial charge in [0.15, 0.2) is 0 Å². The molecule has 1 amide bonds. The molecule has 23 heavy (non-hydrogen) atoms. The summed E-state index contributed by atoms with van der Waals surface area (Å²) in [6.07, 6.45) is 4.31. The Morgan fingerprint density at radius 2 is 1.83 bits per heavy atom. The molecule has 3 heterocycles. The molecule has 0 spiro atoms. The first-order valence-electron chi connectivity index (χ1n) is 7.34. The van der Waals surface area contributed by atoms with Crippen LogP contribution in [0.1, 0.15) is 23.2 Å². The van der Waals surface area contributed by atoms with Crippen LogP contribution in [0.3, 0.4) is 0 Å².